The molecule has 0 fully saturated rings. The van der Waals surface area contributed by atoms with Crippen LogP contribution in [0.2, 0.25) is 0 Å². The van der Waals surface area contributed by atoms with Crippen molar-refractivity contribution in [2.24, 2.45) is 5.92 Å². The van der Waals surface area contributed by atoms with Crippen molar-refractivity contribution in [2.45, 2.75) is 33.4 Å². The fourth-order valence-electron chi connectivity index (χ4n) is 2.87. The molecule has 0 aliphatic carbocycles. The number of aliphatic hydroxyl groups is 1. The van der Waals surface area contributed by atoms with Crippen molar-refractivity contribution in [2.75, 3.05) is 19.7 Å². The Morgan fingerprint density at radius 2 is 1.81 bits per heavy atom. The number of aryl methyl sites for hydroxylation is 1. The summed E-state index contributed by atoms with van der Waals surface area (Å²) in [6, 6.07) is 11.2. The lowest BCUT2D eigenvalue weighted by Gasteiger charge is -2.27. The summed E-state index contributed by atoms with van der Waals surface area (Å²) in [4.78, 5) is 1.97. The Labute approximate surface area is 154 Å². The normalized spacial score (nSPS) is 12.6. The van der Waals surface area contributed by atoms with Crippen molar-refractivity contribution >= 4 is 0 Å². The topological polar surface area (TPSA) is 32.7 Å². The van der Waals surface area contributed by atoms with Gasteiger partial charge in [0.05, 0.1) is 0 Å². The quantitative estimate of drug-likeness (QED) is 0.726. The molecule has 0 amide bonds. The molecule has 1 atom stereocenters. The molecule has 0 spiro atoms. The number of hydrogen-bond acceptors (Lipinski definition) is 3. The van der Waals surface area contributed by atoms with Crippen LogP contribution in [0.15, 0.2) is 42.5 Å². The number of halogens is 2. The van der Waals surface area contributed by atoms with Crippen LogP contribution in [0.3, 0.4) is 0 Å². The van der Waals surface area contributed by atoms with Crippen LogP contribution in [-0.2, 0) is 6.54 Å². The highest BCUT2D eigenvalue weighted by Crippen LogP contribution is 2.17. The number of benzene rings is 2. The lowest BCUT2D eigenvalue weighted by atomic mass is 10.1. The monoisotopic (exact) mass is 363 g/mol. The maximum Gasteiger partial charge on any atom is 0.130 e. The SMILES string of the molecule is Cc1ccccc1OCC(O)CN(Cc1ccc(F)cc1F)CC(C)C. The predicted octanol–water partition coefficient (Wildman–Crippen LogP) is 4.17. The zero-order chi connectivity index (χ0) is 19.1. The molecule has 0 aliphatic heterocycles. The summed E-state index contributed by atoms with van der Waals surface area (Å²) < 4.78 is 32.7. The average Bonchev–Trinajstić information content (AvgIpc) is 2.56. The molecule has 0 saturated heterocycles. The Kier molecular flexibility index (Phi) is 7.54. The van der Waals surface area contributed by atoms with Gasteiger partial charge in [-0.1, -0.05) is 38.1 Å². The predicted molar refractivity (Wildman–Crippen MR) is 99.2 cm³/mol. The minimum absolute atomic E-state index is 0.158. The zero-order valence-electron chi connectivity index (χ0n) is 15.6. The molecule has 2 rings (SSSR count). The number of ether oxygens (including phenoxy) is 1. The lowest BCUT2D eigenvalue weighted by molar-refractivity contribution is 0.0609. The van der Waals surface area contributed by atoms with Crippen LogP contribution >= 0.6 is 0 Å². The lowest BCUT2D eigenvalue weighted by Crippen LogP contribution is -2.37. The summed E-state index contributed by atoms with van der Waals surface area (Å²) in [5.41, 5.74) is 1.42. The van der Waals surface area contributed by atoms with Crippen LogP contribution in [0, 0.1) is 24.5 Å². The van der Waals surface area contributed by atoms with Gasteiger partial charge in [0.15, 0.2) is 0 Å². The van der Waals surface area contributed by atoms with Crippen LogP contribution in [0.4, 0.5) is 8.78 Å². The van der Waals surface area contributed by atoms with Gasteiger partial charge in [0.25, 0.3) is 0 Å². The third kappa shape index (κ3) is 6.39. The van der Waals surface area contributed by atoms with Crippen molar-refractivity contribution in [3.8, 4) is 5.75 Å². The van der Waals surface area contributed by atoms with Gasteiger partial charge in [0.2, 0.25) is 0 Å². The van der Waals surface area contributed by atoms with E-state index in [2.05, 4.69) is 13.8 Å². The molecule has 0 heterocycles. The van der Waals surface area contributed by atoms with Gasteiger partial charge in [-0.15, -0.1) is 0 Å². The second-order valence-corrected chi connectivity index (χ2v) is 7.05. The smallest absolute Gasteiger partial charge is 0.130 e. The molecular formula is C21H27F2NO2. The molecule has 1 N–H and O–H groups in total. The molecule has 0 aliphatic rings. The van der Waals surface area contributed by atoms with Crippen LogP contribution < -0.4 is 4.74 Å². The van der Waals surface area contributed by atoms with Crippen molar-refractivity contribution in [3.05, 3.63) is 65.2 Å². The molecule has 142 valence electrons. The van der Waals surface area contributed by atoms with E-state index in [9.17, 15) is 13.9 Å². The van der Waals surface area contributed by atoms with Crippen LogP contribution in [-0.4, -0.2) is 35.8 Å². The number of rotatable bonds is 9. The van der Waals surface area contributed by atoms with E-state index >= 15 is 0 Å². The first kappa shape index (κ1) is 20.3. The first-order valence-electron chi connectivity index (χ1n) is 8.88. The number of nitrogens with zero attached hydrogens (tertiary/aromatic N) is 1. The van der Waals surface area contributed by atoms with Gasteiger partial charge >= 0.3 is 0 Å². The second kappa shape index (κ2) is 9.64. The van der Waals surface area contributed by atoms with Gasteiger partial charge < -0.3 is 9.84 Å². The molecule has 26 heavy (non-hydrogen) atoms. The number of aliphatic hydroxyl groups excluding tert-OH is 1. The largest absolute Gasteiger partial charge is 0.491 e. The molecule has 5 heteroatoms. The molecule has 1 unspecified atom stereocenters. The molecule has 0 bridgehead atoms. The zero-order valence-corrected chi connectivity index (χ0v) is 15.6. The Bertz CT molecular complexity index is 706. The third-order valence-electron chi connectivity index (χ3n) is 4.03. The summed E-state index contributed by atoms with van der Waals surface area (Å²) in [5, 5.41) is 10.4. The van der Waals surface area contributed by atoms with Crippen molar-refractivity contribution in [1.29, 1.82) is 0 Å². The maximum atomic E-state index is 13.9. The molecule has 0 radical (unpaired) electrons. The van der Waals surface area contributed by atoms with E-state index in [-0.39, 0.29) is 6.61 Å². The van der Waals surface area contributed by atoms with E-state index < -0.39 is 17.7 Å². The Hall–Kier alpha value is -1.98. The van der Waals surface area contributed by atoms with Crippen molar-refractivity contribution < 1.29 is 18.6 Å². The van der Waals surface area contributed by atoms with Gasteiger partial charge in [0, 0.05) is 31.3 Å². The first-order valence-corrected chi connectivity index (χ1v) is 8.88. The Balaban J connectivity index is 1.96. The molecule has 0 saturated carbocycles. The van der Waals surface area contributed by atoms with Crippen molar-refractivity contribution in [1.82, 2.24) is 4.90 Å². The van der Waals surface area contributed by atoms with Crippen LogP contribution in [0.1, 0.15) is 25.0 Å². The molecule has 2 aromatic carbocycles. The molecule has 3 nitrogen and oxygen atoms in total. The first-order chi connectivity index (χ1) is 12.3. The summed E-state index contributed by atoms with van der Waals surface area (Å²) in [6.07, 6.45) is -0.711. The van der Waals surface area contributed by atoms with E-state index in [1.54, 1.807) is 0 Å². The van der Waals surface area contributed by atoms with Gasteiger partial charge in [-0.25, -0.2) is 8.78 Å². The minimum atomic E-state index is -0.711. The average molecular weight is 363 g/mol. The fourth-order valence-corrected chi connectivity index (χ4v) is 2.87. The number of hydrogen-bond donors (Lipinski definition) is 1. The second-order valence-electron chi connectivity index (χ2n) is 7.05. The van der Waals surface area contributed by atoms with Gasteiger partial charge in [-0.3, -0.25) is 4.90 Å². The minimum Gasteiger partial charge on any atom is -0.491 e. The molecule has 2 aromatic rings. The van der Waals surface area contributed by atoms with E-state index in [4.69, 9.17) is 4.74 Å². The van der Waals surface area contributed by atoms with E-state index in [1.165, 1.54) is 12.1 Å². The van der Waals surface area contributed by atoms with Gasteiger partial charge in [-0.05, 0) is 30.5 Å². The third-order valence-corrected chi connectivity index (χ3v) is 4.03. The van der Waals surface area contributed by atoms with Crippen molar-refractivity contribution in [3.63, 3.8) is 0 Å². The number of para-hydroxylation sites is 1. The van der Waals surface area contributed by atoms with E-state index in [1.807, 2.05) is 36.1 Å². The summed E-state index contributed by atoms with van der Waals surface area (Å²) in [7, 11) is 0. The highest BCUT2D eigenvalue weighted by molar-refractivity contribution is 5.31. The van der Waals surface area contributed by atoms with Gasteiger partial charge in [-0.2, -0.15) is 0 Å². The standard InChI is InChI=1S/C21H27F2NO2/c1-15(2)11-24(12-17-8-9-18(22)10-20(17)23)13-19(25)14-26-21-7-5-4-6-16(21)3/h4-10,15,19,25H,11-14H2,1-3H3. The van der Waals surface area contributed by atoms with E-state index in [0.717, 1.165) is 17.4 Å². The summed E-state index contributed by atoms with van der Waals surface area (Å²) in [5.74, 6) is -0.0627. The summed E-state index contributed by atoms with van der Waals surface area (Å²) >= 11 is 0. The Morgan fingerprint density at radius 1 is 1.08 bits per heavy atom. The Morgan fingerprint density at radius 3 is 2.46 bits per heavy atom. The van der Waals surface area contributed by atoms with Crippen LogP contribution in [0.5, 0.6) is 5.75 Å². The summed E-state index contributed by atoms with van der Waals surface area (Å²) in [6.45, 7) is 7.58. The highest BCUT2D eigenvalue weighted by Gasteiger charge is 2.16. The fraction of sp³-hybridized carbons (Fsp3) is 0.429. The highest BCUT2D eigenvalue weighted by atomic mass is 19.1. The molecular weight excluding hydrogens is 336 g/mol. The van der Waals surface area contributed by atoms with E-state index in [0.29, 0.717) is 31.1 Å². The van der Waals surface area contributed by atoms with Crippen LogP contribution in [0.25, 0.3) is 0 Å². The van der Waals surface area contributed by atoms with Gasteiger partial charge in [0.1, 0.15) is 30.1 Å². The maximum absolute atomic E-state index is 13.9. The molecule has 0 aromatic heterocycles.